The molecule has 0 aliphatic carbocycles. The van der Waals surface area contributed by atoms with Crippen LogP contribution in [0.5, 0.6) is 11.5 Å². The van der Waals surface area contributed by atoms with E-state index < -0.39 is 0 Å². The Bertz CT molecular complexity index is 1280. The second-order valence-electron chi connectivity index (χ2n) is 6.81. The standard InChI is InChI=1S/C22H22N4O3S/c1-5-6-17-11-18-21(30-17)22(27)26(13-23-18)16-7-8-19(20(10-16)28-4)29-12-15-9-14(2)25(3)24-15/h5-11,13H,12H2,1-4H3/b6-5+. The molecule has 0 saturated carbocycles. The molecule has 8 heteroatoms. The van der Waals surface area contributed by atoms with Crippen LogP contribution in [0.1, 0.15) is 23.2 Å². The quantitative estimate of drug-likeness (QED) is 0.468. The van der Waals surface area contributed by atoms with Crippen LogP contribution in [-0.2, 0) is 13.7 Å². The van der Waals surface area contributed by atoms with Crippen LogP contribution in [0.2, 0.25) is 0 Å². The number of allylic oxidation sites excluding steroid dienone is 1. The lowest BCUT2D eigenvalue weighted by molar-refractivity contribution is 0.279. The van der Waals surface area contributed by atoms with Crippen molar-refractivity contribution >= 4 is 27.6 Å². The molecule has 0 saturated heterocycles. The fourth-order valence-electron chi connectivity index (χ4n) is 3.14. The molecule has 0 N–H and O–H groups in total. The molecule has 3 heterocycles. The predicted octanol–water partition coefficient (Wildman–Crippen LogP) is 4.11. The highest BCUT2D eigenvalue weighted by atomic mass is 32.1. The van der Waals surface area contributed by atoms with Gasteiger partial charge in [-0.2, -0.15) is 5.10 Å². The van der Waals surface area contributed by atoms with Crippen LogP contribution in [0.4, 0.5) is 0 Å². The first-order valence-corrected chi connectivity index (χ1v) is 10.3. The van der Waals surface area contributed by atoms with Gasteiger partial charge in [0, 0.05) is 23.7 Å². The molecule has 0 atom stereocenters. The molecule has 0 amide bonds. The molecule has 0 aliphatic heterocycles. The zero-order chi connectivity index (χ0) is 21.3. The van der Waals surface area contributed by atoms with Crippen molar-refractivity contribution in [3.63, 3.8) is 0 Å². The summed E-state index contributed by atoms with van der Waals surface area (Å²) in [6, 6.07) is 9.28. The zero-order valence-corrected chi connectivity index (χ0v) is 18.1. The maximum absolute atomic E-state index is 13.0. The first-order valence-electron chi connectivity index (χ1n) is 9.44. The second-order valence-corrected chi connectivity index (χ2v) is 7.89. The second kappa shape index (κ2) is 8.16. The number of benzene rings is 1. The van der Waals surface area contributed by atoms with Gasteiger partial charge in [-0.25, -0.2) is 4.98 Å². The van der Waals surface area contributed by atoms with E-state index >= 15 is 0 Å². The summed E-state index contributed by atoms with van der Waals surface area (Å²) in [5.74, 6) is 1.12. The normalized spacial score (nSPS) is 11.5. The molecule has 0 unspecified atom stereocenters. The Kier molecular flexibility index (Phi) is 5.41. The van der Waals surface area contributed by atoms with Crippen molar-refractivity contribution < 1.29 is 9.47 Å². The van der Waals surface area contributed by atoms with Crippen molar-refractivity contribution in [3.05, 3.63) is 69.4 Å². The molecule has 0 aliphatic rings. The number of aryl methyl sites for hydroxylation is 2. The van der Waals surface area contributed by atoms with Crippen LogP contribution >= 0.6 is 11.3 Å². The van der Waals surface area contributed by atoms with Crippen LogP contribution in [0.25, 0.3) is 22.0 Å². The van der Waals surface area contributed by atoms with E-state index in [9.17, 15) is 4.79 Å². The Morgan fingerprint density at radius 3 is 2.73 bits per heavy atom. The SMILES string of the molecule is C/C=C/c1cc2ncn(-c3ccc(OCc4cc(C)n(C)n4)c(OC)c3)c(=O)c2s1. The third kappa shape index (κ3) is 3.73. The van der Waals surface area contributed by atoms with Crippen LogP contribution in [0, 0.1) is 6.92 Å². The van der Waals surface area contributed by atoms with E-state index in [1.807, 2.05) is 51.2 Å². The lowest BCUT2D eigenvalue weighted by Crippen LogP contribution is -2.17. The molecule has 1 aromatic carbocycles. The van der Waals surface area contributed by atoms with E-state index in [0.717, 1.165) is 16.3 Å². The Morgan fingerprint density at radius 2 is 2.03 bits per heavy atom. The fourth-order valence-corrected chi connectivity index (χ4v) is 4.16. The van der Waals surface area contributed by atoms with Gasteiger partial charge in [-0.1, -0.05) is 6.08 Å². The number of nitrogens with zero attached hydrogens (tertiary/aromatic N) is 4. The van der Waals surface area contributed by atoms with Crippen molar-refractivity contribution in [2.75, 3.05) is 7.11 Å². The van der Waals surface area contributed by atoms with E-state index in [1.54, 1.807) is 30.3 Å². The van der Waals surface area contributed by atoms with E-state index in [4.69, 9.17) is 9.47 Å². The Morgan fingerprint density at radius 1 is 1.20 bits per heavy atom. The number of hydrogen-bond acceptors (Lipinski definition) is 6. The Balaban J connectivity index is 1.65. The Labute approximate surface area is 177 Å². The fraction of sp³-hybridized carbons (Fsp3) is 0.227. The molecular weight excluding hydrogens is 400 g/mol. The van der Waals surface area contributed by atoms with Crippen molar-refractivity contribution in [1.82, 2.24) is 19.3 Å². The summed E-state index contributed by atoms with van der Waals surface area (Å²) in [6.07, 6.45) is 5.45. The van der Waals surface area contributed by atoms with Gasteiger partial charge in [0.05, 0.1) is 18.3 Å². The van der Waals surface area contributed by atoms with Crippen LogP contribution in [0.3, 0.4) is 0 Å². The summed E-state index contributed by atoms with van der Waals surface area (Å²) in [5.41, 5.74) is 3.14. The number of aromatic nitrogens is 4. The number of rotatable bonds is 6. The molecule has 0 radical (unpaired) electrons. The molecule has 4 rings (SSSR count). The van der Waals surface area contributed by atoms with Gasteiger partial charge in [0.15, 0.2) is 11.5 Å². The third-order valence-electron chi connectivity index (χ3n) is 4.75. The minimum Gasteiger partial charge on any atom is -0.493 e. The lowest BCUT2D eigenvalue weighted by Gasteiger charge is -2.12. The van der Waals surface area contributed by atoms with E-state index in [-0.39, 0.29) is 5.56 Å². The summed E-state index contributed by atoms with van der Waals surface area (Å²) in [7, 11) is 3.47. The molecule has 7 nitrogen and oxygen atoms in total. The van der Waals surface area contributed by atoms with Crippen molar-refractivity contribution in [2.45, 2.75) is 20.5 Å². The van der Waals surface area contributed by atoms with Gasteiger partial charge in [-0.15, -0.1) is 11.3 Å². The van der Waals surface area contributed by atoms with E-state index in [0.29, 0.717) is 34.0 Å². The van der Waals surface area contributed by atoms with Crippen molar-refractivity contribution in [3.8, 4) is 17.2 Å². The van der Waals surface area contributed by atoms with E-state index in [1.165, 1.54) is 15.9 Å². The van der Waals surface area contributed by atoms with Gasteiger partial charge < -0.3 is 9.47 Å². The minimum atomic E-state index is -0.111. The zero-order valence-electron chi connectivity index (χ0n) is 17.2. The van der Waals surface area contributed by atoms with E-state index in [2.05, 4.69) is 10.1 Å². The largest absolute Gasteiger partial charge is 0.493 e. The van der Waals surface area contributed by atoms with Crippen molar-refractivity contribution in [1.29, 1.82) is 0 Å². The number of thiophene rings is 1. The first-order chi connectivity index (χ1) is 14.5. The number of fused-ring (bicyclic) bond motifs is 1. The highest BCUT2D eigenvalue weighted by Gasteiger charge is 2.13. The summed E-state index contributed by atoms with van der Waals surface area (Å²) >= 11 is 1.43. The molecule has 30 heavy (non-hydrogen) atoms. The topological polar surface area (TPSA) is 71.2 Å². The van der Waals surface area contributed by atoms with Crippen LogP contribution < -0.4 is 15.0 Å². The highest BCUT2D eigenvalue weighted by Crippen LogP contribution is 2.30. The van der Waals surface area contributed by atoms with Gasteiger partial charge in [-0.05, 0) is 44.2 Å². The predicted molar refractivity (Wildman–Crippen MR) is 119 cm³/mol. The van der Waals surface area contributed by atoms with Gasteiger partial charge in [0.2, 0.25) is 0 Å². The smallest absolute Gasteiger partial charge is 0.275 e. The molecule has 0 spiro atoms. The molecule has 3 aromatic heterocycles. The first kappa shape index (κ1) is 19.9. The van der Waals surface area contributed by atoms with Crippen LogP contribution in [-0.4, -0.2) is 26.4 Å². The van der Waals surface area contributed by atoms with Crippen LogP contribution in [0.15, 0.2) is 47.5 Å². The molecule has 154 valence electrons. The summed E-state index contributed by atoms with van der Waals surface area (Å²) < 4.78 is 15.3. The molecule has 4 aromatic rings. The average molecular weight is 423 g/mol. The number of methoxy groups -OCH3 is 1. The minimum absolute atomic E-state index is 0.111. The van der Waals surface area contributed by atoms with Gasteiger partial charge >= 0.3 is 0 Å². The maximum Gasteiger partial charge on any atom is 0.275 e. The number of ether oxygens (including phenoxy) is 2. The average Bonchev–Trinajstić information content (AvgIpc) is 3.30. The monoisotopic (exact) mass is 422 g/mol. The molecule has 0 fully saturated rings. The Hall–Kier alpha value is -3.39. The third-order valence-corrected chi connectivity index (χ3v) is 5.83. The molecular formula is C22H22N4O3S. The summed E-state index contributed by atoms with van der Waals surface area (Å²) in [5, 5.41) is 4.40. The lowest BCUT2D eigenvalue weighted by atomic mass is 10.2. The van der Waals surface area contributed by atoms with Crippen molar-refractivity contribution in [2.24, 2.45) is 7.05 Å². The number of hydrogen-bond donors (Lipinski definition) is 0. The molecule has 0 bridgehead atoms. The highest BCUT2D eigenvalue weighted by molar-refractivity contribution is 7.19. The summed E-state index contributed by atoms with van der Waals surface area (Å²) in [4.78, 5) is 18.4. The van der Waals surface area contributed by atoms with Gasteiger partial charge in [0.1, 0.15) is 23.3 Å². The summed E-state index contributed by atoms with van der Waals surface area (Å²) in [6.45, 7) is 4.26. The maximum atomic E-state index is 13.0. The van der Waals surface area contributed by atoms with Gasteiger partial charge in [0.25, 0.3) is 5.56 Å². The van der Waals surface area contributed by atoms with Gasteiger partial charge in [-0.3, -0.25) is 14.0 Å².